The van der Waals surface area contributed by atoms with Gasteiger partial charge in [-0.1, -0.05) is 38.1 Å². The van der Waals surface area contributed by atoms with Crippen LogP contribution >= 0.6 is 12.4 Å². The fraction of sp³-hybridized carbons (Fsp3) is 0.333. The quantitative estimate of drug-likeness (QED) is 0.668. The monoisotopic (exact) mass is 423 g/mol. The zero-order valence-electron chi connectivity index (χ0n) is 16.2. The lowest BCUT2D eigenvalue weighted by molar-refractivity contribution is -0.124. The molecule has 5 nitrogen and oxygen atoms in total. The van der Waals surface area contributed by atoms with Crippen molar-refractivity contribution in [1.29, 1.82) is 0 Å². The maximum absolute atomic E-state index is 13.8. The molecule has 0 spiro atoms. The standard InChI is InChI=1S/C21H23F2N3O2.ClH/c1-12(2)19(26-20(27)18-16(22)4-3-5-17(18)23)21(28)25-9-13-6-7-14-10-24-11-15(14)8-13;/h3-8,12,19,24H,9-11H2,1-2H3,(H,25,28)(H,26,27);1H. The van der Waals surface area contributed by atoms with Gasteiger partial charge in [-0.2, -0.15) is 0 Å². The van der Waals surface area contributed by atoms with Crippen LogP contribution in [0.1, 0.15) is 40.9 Å². The minimum Gasteiger partial charge on any atom is -0.350 e. The summed E-state index contributed by atoms with van der Waals surface area (Å²) in [5.41, 5.74) is 2.71. The Morgan fingerprint density at radius 2 is 1.72 bits per heavy atom. The highest BCUT2D eigenvalue weighted by atomic mass is 35.5. The van der Waals surface area contributed by atoms with E-state index in [4.69, 9.17) is 0 Å². The van der Waals surface area contributed by atoms with E-state index in [-0.39, 0.29) is 18.3 Å². The van der Waals surface area contributed by atoms with E-state index in [0.29, 0.717) is 6.54 Å². The normalized spacial score (nSPS) is 13.4. The summed E-state index contributed by atoms with van der Waals surface area (Å²) < 4.78 is 27.7. The summed E-state index contributed by atoms with van der Waals surface area (Å²) in [6, 6.07) is 8.29. The molecule has 0 aromatic heterocycles. The number of hydrogen-bond acceptors (Lipinski definition) is 3. The molecular weight excluding hydrogens is 400 g/mol. The molecule has 1 atom stereocenters. The van der Waals surface area contributed by atoms with Gasteiger partial charge in [0, 0.05) is 19.6 Å². The van der Waals surface area contributed by atoms with Crippen molar-refractivity contribution in [1.82, 2.24) is 16.0 Å². The Hall–Kier alpha value is -2.51. The number of carbonyl (C=O) groups is 2. The first kappa shape index (κ1) is 22.8. The second kappa shape index (κ2) is 9.80. The van der Waals surface area contributed by atoms with Gasteiger partial charge < -0.3 is 16.0 Å². The van der Waals surface area contributed by atoms with Gasteiger partial charge in [0.15, 0.2) is 0 Å². The van der Waals surface area contributed by atoms with Crippen molar-refractivity contribution in [2.75, 3.05) is 0 Å². The van der Waals surface area contributed by atoms with E-state index in [1.165, 1.54) is 17.2 Å². The van der Waals surface area contributed by atoms with Crippen LogP contribution in [0.5, 0.6) is 0 Å². The average molecular weight is 424 g/mol. The highest BCUT2D eigenvalue weighted by molar-refractivity contribution is 5.98. The SMILES string of the molecule is CC(C)C(NC(=O)c1c(F)cccc1F)C(=O)NCc1ccc2c(c1)CNC2.Cl. The topological polar surface area (TPSA) is 70.2 Å². The second-order valence-electron chi connectivity index (χ2n) is 7.22. The van der Waals surface area contributed by atoms with Gasteiger partial charge in [0.25, 0.3) is 5.91 Å². The first-order valence-corrected chi connectivity index (χ1v) is 9.20. The van der Waals surface area contributed by atoms with Gasteiger partial charge >= 0.3 is 0 Å². The average Bonchev–Trinajstić information content (AvgIpc) is 3.11. The number of nitrogens with one attached hydrogen (secondary N) is 3. The van der Waals surface area contributed by atoms with Crippen molar-refractivity contribution < 1.29 is 18.4 Å². The van der Waals surface area contributed by atoms with Crippen LogP contribution < -0.4 is 16.0 Å². The van der Waals surface area contributed by atoms with E-state index in [2.05, 4.69) is 16.0 Å². The number of fused-ring (bicyclic) bond motifs is 1. The number of amides is 2. The Labute approximate surface area is 174 Å². The maximum atomic E-state index is 13.8. The van der Waals surface area contributed by atoms with Crippen molar-refractivity contribution in [2.24, 2.45) is 5.92 Å². The van der Waals surface area contributed by atoms with E-state index in [0.717, 1.165) is 30.8 Å². The van der Waals surface area contributed by atoms with Crippen LogP contribution in [0.2, 0.25) is 0 Å². The molecule has 0 bridgehead atoms. The predicted molar refractivity (Wildman–Crippen MR) is 109 cm³/mol. The Balaban J connectivity index is 0.00000300. The Morgan fingerprint density at radius 3 is 2.38 bits per heavy atom. The second-order valence-corrected chi connectivity index (χ2v) is 7.22. The molecule has 1 unspecified atom stereocenters. The van der Waals surface area contributed by atoms with Gasteiger partial charge in [0.2, 0.25) is 5.91 Å². The predicted octanol–water partition coefficient (Wildman–Crippen LogP) is 3.06. The van der Waals surface area contributed by atoms with Crippen LogP contribution in [0, 0.1) is 17.6 Å². The molecule has 0 radical (unpaired) electrons. The van der Waals surface area contributed by atoms with Crippen molar-refractivity contribution in [3.05, 3.63) is 70.3 Å². The van der Waals surface area contributed by atoms with Gasteiger partial charge in [0.1, 0.15) is 23.2 Å². The molecule has 0 aliphatic carbocycles. The Bertz CT molecular complexity index is 885. The summed E-state index contributed by atoms with van der Waals surface area (Å²) in [7, 11) is 0. The summed E-state index contributed by atoms with van der Waals surface area (Å²) in [5, 5.41) is 8.51. The van der Waals surface area contributed by atoms with Crippen molar-refractivity contribution in [3.63, 3.8) is 0 Å². The molecule has 0 saturated carbocycles. The van der Waals surface area contributed by atoms with Crippen molar-refractivity contribution in [2.45, 2.75) is 39.5 Å². The van der Waals surface area contributed by atoms with Gasteiger partial charge in [-0.15, -0.1) is 12.4 Å². The number of rotatable bonds is 6. The molecule has 156 valence electrons. The molecule has 1 aliphatic heterocycles. The molecule has 0 saturated heterocycles. The lowest BCUT2D eigenvalue weighted by Gasteiger charge is -2.22. The molecule has 8 heteroatoms. The summed E-state index contributed by atoms with van der Waals surface area (Å²) in [6.45, 7) is 5.46. The third-order valence-electron chi connectivity index (χ3n) is 4.79. The van der Waals surface area contributed by atoms with E-state index in [9.17, 15) is 18.4 Å². The first-order valence-electron chi connectivity index (χ1n) is 9.20. The van der Waals surface area contributed by atoms with Crippen molar-refractivity contribution >= 4 is 24.2 Å². The van der Waals surface area contributed by atoms with Crippen molar-refractivity contribution in [3.8, 4) is 0 Å². The molecule has 2 amide bonds. The van der Waals surface area contributed by atoms with E-state index in [1.807, 2.05) is 18.2 Å². The van der Waals surface area contributed by atoms with Crippen LogP contribution in [0.25, 0.3) is 0 Å². The van der Waals surface area contributed by atoms with Crippen LogP contribution in [-0.2, 0) is 24.4 Å². The lowest BCUT2D eigenvalue weighted by Crippen LogP contribution is -2.49. The number of halogens is 3. The molecule has 1 heterocycles. The maximum Gasteiger partial charge on any atom is 0.257 e. The third-order valence-corrected chi connectivity index (χ3v) is 4.79. The van der Waals surface area contributed by atoms with Gasteiger partial charge in [-0.25, -0.2) is 8.78 Å². The van der Waals surface area contributed by atoms with Crippen LogP contribution in [0.3, 0.4) is 0 Å². The number of benzene rings is 2. The zero-order valence-corrected chi connectivity index (χ0v) is 17.0. The smallest absolute Gasteiger partial charge is 0.257 e. The Kier molecular flexibility index (Phi) is 7.70. The van der Waals surface area contributed by atoms with E-state index >= 15 is 0 Å². The minimum absolute atomic E-state index is 0. The largest absolute Gasteiger partial charge is 0.350 e. The molecule has 2 aromatic carbocycles. The van der Waals surface area contributed by atoms with Crippen LogP contribution in [0.4, 0.5) is 8.78 Å². The Morgan fingerprint density at radius 1 is 1.07 bits per heavy atom. The molecule has 0 fully saturated rings. The van der Waals surface area contributed by atoms with Gasteiger partial charge in [0.05, 0.1) is 0 Å². The minimum atomic E-state index is -0.966. The highest BCUT2D eigenvalue weighted by Gasteiger charge is 2.27. The van der Waals surface area contributed by atoms with E-state index in [1.54, 1.807) is 13.8 Å². The third kappa shape index (κ3) is 5.31. The summed E-state index contributed by atoms with van der Waals surface area (Å²) in [6.07, 6.45) is 0. The zero-order chi connectivity index (χ0) is 20.3. The molecule has 1 aliphatic rings. The molecule has 3 rings (SSSR count). The highest BCUT2D eigenvalue weighted by Crippen LogP contribution is 2.17. The molecule has 2 aromatic rings. The molecular formula is C21H24ClF2N3O2. The number of hydrogen-bond donors (Lipinski definition) is 3. The molecule has 29 heavy (non-hydrogen) atoms. The van der Waals surface area contributed by atoms with E-state index < -0.39 is 35.1 Å². The van der Waals surface area contributed by atoms with Crippen LogP contribution in [0.15, 0.2) is 36.4 Å². The summed E-state index contributed by atoms with van der Waals surface area (Å²) in [5.74, 6) is -3.55. The van der Waals surface area contributed by atoms with Gasteiger partial charge in [-0.3, -0.25) is 9.59 Å². The number of carbonyl (C=O) groups excluding carboxylic acids is 2. The summed E-state index contributed by atoms with van der Waals surface area (Å²) in [4.78, 5) is 24.9. The van der Waals surface area contributed by atoms with Gasteiger partial charge in [-0.05, 0) is 34.7 Å². The summed E-state index contributed by atoms with van der Waals surface area (Å²) >= 11 is 0. The fourth-order valence-corrected chi connectivity index (χ4v) is 3.22. The lowest BCUT2D eigenvalue weighted by atomic mass is 10.0. The fourth-order valence-electron chi connectivity index (χ4n) is 3.22. The van der Waals surface area contributed by atoms with Crippen LogP contribution in [-0.4, -0.2) is 17.9 Å². The first-order chi connectivity index (χ1) is 13.4. The molecule has 3 N–H and O–H groups in total.